The van der Waals surface area contributed by atoms with Crippen LogP contribution in [-0.4, -0.2) is 20.9 Å². The van der Waals surface area contributed by atoms with E-state index in [1.807, 2.05) is 6.92 Å². The molecule has 0 aromatic heterocycles. The van der Waals surface area contributed by atoms with Crippen LogP contribution in [0.3, 0.4) is 0 Å². The molecule has 2 aromatic rings. The van der Waals surface area contributed by atoms with Gasteiger partial charge in [0.1, 0.15) is 0 Å². The summed E-state index contributed by atoms with van der Waals surface area (Å²) in [7, 11) is -3.65. The van der Waals surface area contributed by atoms with Crippen molar-refractivity contribution in [1.29, 1.82) is 0 Å². The van der Waals surface area contributed by atoms with E-state index in [9.17, 15) is 13.2 Å². The first-order chi connectivity index (χ1) is 10.0. The highest BCUT2D eigenvalue weighted by Gasteiger charge is 2.14. The van der Waals surface area contributed by atoms with Gasteiger partial charge >= 0.3 is 0 Å². The first kappa shape index (κ1) is 15.1. The molecule has 0 unspecified atom stereocenters. The summed E-state index contributed by atoms with van der Waals surface area (Å²) in [5.41, 5.74) is 0.917. The number of para-hydroxylation sites is 1. The van der Waals surface area contributed by atoms with Gasteiger partial charge in [0, 0.05) is 17.8 Å². The van der Waals surface area contributed by atoms with Gasteiger partial charge in [-0.2, -0.15) is 0 Å². The van der Waals surface area contributed by atoms with E-state index in [-0.39, 0.29) is 10.8 Å². The lowest BCUT2D eigenvalue weighted by Gasteiger charge is -2.08. The molecule has 5 nitrogen and oxygen atoms in total. The Morgan fingerprint density at radius 3 is 2.19 bits per heavy atom. The third-order valence-corrected chi connectivity index (χ3v) is 4.19. The first-order valence-corrected chi connectivity index (χ1v) is 7.97. The van der Waals surface area contributed by atoms with Gasteiger partial charge in [0.2, 0.25) is 0 Å². The Balaban J connectivity index is 2.19. The topological polar surface area (TPSA) is 75.3 Å². The average Bonchev–Trinajstić information content (AvgIpc) is 2.48. The van der Waals surface area contributed by atoms with E-state index < -0.39 is 10.0 Å². The standard InChI is InChI=1S/C15H16N2O3S/c1-2-16-15(18)12-8-10-14(11-9-12)21(19,20)17-13-6-4-3-5-7-13/h3-11,17H,2H2,1H3,(H,16,18). The molecular weight excluding hydrogens is 288 g/mol. The van der Waals surface area contributed by atoms with E-state index in [1.165, 1.54) is 24.3 Å². The molecule has 1 amide bonds. The molecule has 0 saturated carbocycles. The van der Waals surface area contributed by atoms with Gasteiger partial charge in [-0.15, -0.1) is 0 Å². The Kier molecular flexibility index (Phi) is 4.59. The number of hydrogen-bond acceptors (Lipinski definition) is 3. The van der Waals surface area contributed by atoms with E-state index in [4.69, 9.17) is 0 Å². The van der Waals surface area contributed by atoms with Crippen molar-refractivity contribution in [3.63, 3.8) is 0 Å². The van der Waals surface area contributed by atoms with Gasteiger partial charge in [-0.3, -0.25) is 9.52 Å². The predicted molar refractivity (Wildman–Crippen MR) is 81.7 cm³/mol. The number of hydrogen-bond donors (Lipinski definition) is 2. The summed E-state index contributed by atoms with van der Waals surface area (Å²) in [4.78, 5) is 11.7. The summed E-state index contributed by atoms with van der Waals surface area (Å²) in [6.07, 6.45) is 0. The fourth-order valence-corrected chi connectivity index (χ4v) is 2.83. The maximum absolute atomic E-state index is 12.2. The normalized spacial score (nSPS) is 10.9. The Bertz CT molecular complexity index is 710. The van der Waals surface area contributed by atoms with Crippen molar-refractivity contribution in [2.75, 3.05) is 11.3 Å². The Hall–Kier alpha value is -2.34. The van der Waals surface area contributed by atoms with E-state index in [2.05, 4.69) is 10.0 Å². The third kappa shape index (κ3) is 3.82. The monoisotopic (exact) mass is 304 g/mol. The summed E-state index contributed by atoms with van der Waals surface area (Å²) < 4.78 is 26.9. The van der Waals surface area contributed by atoms with E-state index >= 15 is 0 Å². The van der Waals surface area contributed by atoms with Crippen LogP contribution in [0.5, 0.6) is 0 Å². The summed E-state index contributed by atoms with van der Waals surface area (Å²) in [6.45, 7) is 2.34. The molecule has 0 bridgehead atoms. The van der Waals surface area contributed by atoms with Gasteiger partial charge in [-0.05, 0) is 43.3 Å². The fraction of sp³-hybridized carbons (Fsp3) is 0.133. The summed E-state index contributed by atoms with van der Waals surface area (Å²) in [5.74, 6) is -0.225. The van der Waals surface area contributed by atoms with Crippen LogP contribution in [0.4, 0.5) is 5.69 Å². The van der Waals surface area contributed by atoms with Crippen LogP contribution in [0, 0.1) is 0 Å². The largest absolute Gasteiger partial charge is 0.352 e. The van der Waals surface area contributed by atoms with Crippen molar-refractivity contribution < 1.29 is 13.2 Å². The number of anilines is 1. The van der Waals surface area contributed by atoms with Gasteiger partial charge < -0.3 is 5.32 Å². The zero-order chi connectivity index (χ0) is 15.3. The number of nitrogens with one attached hydrogen (secondary N) is 2. The quantitative estimate of drug-likeness (QED) is 0.889. The van der Waals surface area contributed by atoms with Crippen molar-refractivity contribution in [3.05, 3.63) is 60.2 Å². The Morgan fingerprint density at radius 2 is 1.62 bits per heavy atom. The zero-order valence-electron chi connectivity index (χ0n) is 11.5. The van der Waals surface area contributed by atoms with E-state index in [0.717, 1.165) is 0 Å². The van der Waals surface area contributed by atoms with Crippen molar-refractivity contribution in [2.45, 2.75) is 11.8 Å². The Labute approximate surface area is 124 Å². The molecule has 6 heteroatoms. The van der Waals surface area contributed by atoms with Crippen LogP contribution in [-0.2, 0) is 10.0 Å². The lowest BCUT2D eigenvalue weighted by atomic mass is 10.2. The van der Waals surface area contributed by atoms with Gasteiger partial charge in [-0.25, -0.2) is 8.42 Å². The number of carbonyl (C=O) groups is 1. The number of amides is 1. The minimum Gasteiger partial charge on any atom is -0.352 e. The van der Waals surface area contributed by atoms with Crippen LogP contribution in [0.2, 0.25) is 0 Å². The molecule has 0 radical (unpaired) electrons. The molecule has 0 aliphatic carbocycles. The number of sulfonamides is 1. The molecule has 21 heavy (non-hydrogen) atoms. The minimum atomic E-state index is -3.65. The van der Waals surface area contributed by atoms with E-state index in [0.29, 0.717) is 17.8 Å². The van der Waals surface area contributed by atoms with Crippen LogP contribution < -0.4 is 10.0 Å². The van der Waals surface area contributed by atoms with Gasteiger partial charge in [0.25, 0.3) is 15.9 Å². The molecule has 0 saturated heterocycles. The molecule has 0 heterocycles. The molecule has 0 spiro atoms. The smallest absolute Gasteiger partial charge is 0.261 e. The van der Waals surface area contributed by atoms with Crippen LogP contribution >= 0.6 is 0 Å². The number of carbonyl (C=O) groups excluding carboxylic acids is 1. The van der Waals surface area contributed by atoms with Crippen molar-refractivity contribution in [3.8, 4) is 0 Å². The predicted octanol–water partition coefficient (Wildman–Crippen LogP) is 2.24. The highest BCUT2D eigenvalue weighted by atomic mass is 32.2. The maximum atomic E-state index is 12.2. The fourth-order valence-electron chi connectivity index (χ4n) is 1.77. The van der Waals surface area contributed by atoms with Crippen molar-refractivity contribution >= 4 is 21.6 Å². The third-order valence-electron chi connectivity index (χ3n) is 2.79. The second-order valence-electron chi connectivity index (χ2n) is 4.36. The highest BCUT2D eigenvalue weighted by Crippen LogP contribution is 2.16. The molecule has 0 fully saturated rings. The van der Waals surface area contributed by atoms with Gasteiger partial charge in [0.05, 0.1) is 4.90 Å². The summed E-state index contributed by atoms with van der Waals surface area (Å²) in [5, 5.41) is 2.66. The SMILES string of the molecule is CCNC(=O)c1ccc(S(=O)(=O)Nc2ccccc2)cc1. The van der Waals surface area contributed by atoms with Gasteiger partial charge in [0.15, 0.2) is 0 Å². The van der Waals surface area contributed by atoms with Crippen LogP contribution in [0.1, 0.15) is 17.3 Å². The minimum absolute atomic E-state index is 0.111. The van der Waals surface area contributed by atoms with Crippen molar-refractivity contribution in [2.24, 2.45) is 0 Å². The molecule has 0 aliphatic rings. The molecule has 2 N–H and O–H groups in total. The molecule has 2 rings (SSSR count). The first-order valence-electron chi connectivity index (χ1n) is 6.49. The second kappa shape index (κ2) is 6.41. The number of benzene rings is 2. The second-order valence-corrected chi connectivity index (χ2v) is 6.04. The van der Waals surface area contributed by atoms with Crippen molar-refractivity contribution in [1.82, 2.24) is 5.32 Å². The zero-order valence-corrected chi connectivity index (χ0v) is 12.4. The molecule has 0 aliphatic heterocycles. The summed E-state index contributed by atoms with van der Waals surface area (Å²) in [6, 6.07) is 14.4. The number of rotatable bonds is 5. The lowest BCUT2D eigenvalue weighted by Crippen LogP contribution is -2.22. The Morgan fingerprint density at radius 1 is 1.00 bits per heavy atom. The molecular formula is C15H16N2O3S. The molecule has 2 aromatic carbocycles. The van der Waals surface area contributed by atoms with Crippen LogP contribution in [0.15, 0.2) is 59.5 Å². The highest BCUT2D eigenvalue weighted by molar-refractivity contribution is 7.92. The molecule has 0 atom stereocenters. The lowest BCUT2D eigenvalue weighted by molar-refractivity contribution is 0.0955. The maximum Gasteiger partial charge on any atom is 0.261 e. The molecule has 110 valence electrons. The summed E-state index contributed by atoms with van der Waals surface area (Å²) >= 11 is 0. The van der Waals surface area contributed by atoms with E-state index in [1.54, 1.807) is 30.3 Å². The average molecular weight is 304 g/mol. The van der Waals surface area contributed by atoms with Crippen LogP contribution in [0.25, 0.3) is 0 Å². The van der Waals surface area contributed by atoms with Gasteiger partial charge in [-0.1, -0.05) is 18.2 Å².